The van der Waals surface area contributed by atoms with Crippen molar-refractivity contribution in [3.8, 4) is 0 Å². The molecular formula is C19H18FN5O. The third kappa shape index (κ3) is 2.71. The maximum Gasteiger partial charge on any atom is 0.251 e. The smallest absolute Gasteiger partial charge is 0.251 e. The maximum absolute atomic E-state index is 14.0. The summed E-state index contributed by atoms with van der Waals surface area (Å²) in [6, 6.07) is 8.46. The Morgan fingerprint density at radius 2 is 2.08 bits per heavy atom. The Bertz CT molecular complexity index is 1130. The highest BCUT2D eigenvalue weighted by Gasteiger charge is 2.14. The SMILES string of the molecule is Cc1[nH]c2c(F)ccc(C)c2c1CCNC(=O)c1ccc2[nH]nnc2c1. The largest absolute Gasteiger partial charge is 0.356 e. The van der Waals surface area contributed by atoms with Gasteiger partial charge < -0.3 is 10.3 Å². The van der Waals surface area contributed by atoms with Gasteiger partial charge in [-0.15, -0.1) is 5.10 Å². The number of halogens is 1. The predicted octanol–water partition coefficient (Wildman–Crippen LogP) is 3.17. The van der Waals surface area contributed by atoms with E-state index in [1.54, 1.807) is 24.3 Å². The van der Waals surface area contributed by atoms with Crippen molar-refractivity contribution in [2.45, 2.75) is 20.3 Å². The average Bonchev–Trinajstić information content (AvgIpc) is 3.22. The Balaban J connectivity index is 1.51. The molecule has 1 amide bonds. The maximum atomic E-state index is 14.0. The lowest BCUT2D eigenvalue weighted by Gasteiger charge is -2.07. The molecule has 0 spiro atoms. The number of hydrogen-bond donors (Lipinski definition) is 3. The molecule has 0 atom stereocenters. The second-order valence-corrected chi connectivity index (χ2v) is 6.39. The Labute approximate surface area is 148 Å². The number of amides is 1. The van der Waals surface area contributed by atoms with Crippen molar-refractivity contribution in [3.63, 3.8) is 0 Å². The molecule has 0 radical (unpaired) electrons. The van der Waals surface area contributed by atoms with Gasteiger partial charge in [-0.05, 0) is 55.7 Å². The summed E-state index contributed by atoms with van der Waals surface area (Å²) in [6.45, 7) is 4.35. The van der Waals surface area contributed by atoms with Crippen LogP contribution in [0, 0.1) is 19.7 Å². The van der Waals surface area contributed by atoms with Crippen LogP contribution in [0.5, 0.6) is 0 Å². The van der Waals surface area contributed by atoms with E-state index in [0.717, 1.165) is 27.7 Å². The van der Waals surface area contributed by atoms with Crippen molar-refractivity contribution in [1.82, 2.24) is 25.7 Å². The lowest BCUT2D eigenvalue weighted by Crippen LogP contribution is -2.25. The lowest BCUT2D eigenvalue weighted by molar-refractivity contribution is 0.0954. The first-order valence-electron chi connectivity index (χ1n) is 8.40. The van der Waals surface area contributed by atoms with E-state index in [9.17, 15) is 9.18 Å². The molecule has 2 aromatic carbocycles. The van der Waals surface area contributed by atoms with Crippen LogP contribution < -0.4 is 5.32 Å². The number of rotatable bonds is 4. The number of hydrogen-bond acceptors (Lipinski definition) is 3. The first-order valence-corrected chi connectivity index (χ1v) is 8.40. The van der Waals surface area contributed by atoms with Gasteiger partial charge in [0.05, 0.1) is 11.0 Å². The van der Waals surface area contributed by atoms with Crippen LogP contribution in [-0.4, -0.2) is 32.8 Å². The third-order valence-electron chi connectivity index (χ3n) is 4.68. The molecule has 2 heterocycles. The van der Waals surface area contributed by atoms with Crippen molar-refractivity contribution in [3.05, 3.63) is 58.5 Å². The molecular weight excluding hydrogens is 333 g/mol. The second-order valence-electron chi connectivity index (χ2n) is 6.39. The van der Waals surface area contributed by atoms with Crippen LogP contribution in [0.3, 0.4) is 0 Å². The van der Waals surface area contributed by atoms with E-state index < -0.39 is 0 Å². The number of aromatic nitrogens is 4. The van der Waals surface area contributed by atoms with Gasteiger partial charge in [0.15, 0.2) is 0 Å². The normalized spacial score (nSPS) is 11.3. The second kappa shape index (κ2) is 6.25. The molecule has 3 N–H and O–H groups in total. The number of carbonyl (C=O) groups excluding carboxylic acids is 1. The number of aromatic amines is 2. The zero-order valence-electron chi connectivity index (χ0n) is 14.5. The average molecular weight is 351 g/mol. The Morgan fingerprint density at radius 1 is 1.23 bits per heavy atom. The van der Waals surface area contributed by atoms with Crippen molar-refractivity contribution >= 4 is 27.8 Å². The number of nitrogens with one attached hydrogen (secondary N) is 3. The fraction of sp³-hybridized carbons (Fsp3) is 0.211. The van der Waals surface area contributed by atoms with Crippen LogP contribution >= 0.6 is 0 Å². The van der Waals surface area contributed by atoms with Crippen molar-refractivity contribution < 1.29 is 9.18 Å². The van der Waals surface area contributed by atoms with Crippen LogP contribution in [0.4, 0.5) is 4.39 Å². The van der Waals surface area contributed by atoms with Gasteiger partial charge in [0.2, 0.25) is 0 Å². The van der Waals surface area contributed by atoms with Gasteiger partial charge in [-0.1, -0.05) is 11.3 Å². The molecule has 0 saturated carbocycles. The zero-order chi connectivity index (χ0) is 18.3. The molecule has 0 aliphatic rings. The minimum absolute atomic E-state index is 0.171. The number of aryl methyl sites for hydroxylation is 2. The van der Waals surface area contributed by atoms with Gasteiger partial charge >= 0.3 is 0 Å². The summed E-state index contributed by atoms with van der Waals surface area (Å²) in [4.78, 5) is 15.5. The molecule has 4 rings (SSSR count). The van der Waals surface area contributed by atoms with E-state index in [0.29, 0.717) is 29.6 Å². The number of benzene rings is 2. The molecule has 0 bridgehead atoms. The summed E-state index contributed by atoms with van der Waals surface area (Å²) in [7, 11) is 0. The van der Waals surface area contributed by atoms with Gasteiger partial charge in [-0.25, -0.2) is 4.39 Å². The van der Waals surface area contributed by atoms with Crippen LogP contribution in [0.25, 0.3) is 21.9 Å². The van der Waals surface area contributed by atoms with Crippen LogP contribution in [-0.2, 0) is 6.42 Å². The molecule has 0 fully saturated rings. The first-order chi connectivity index (χ1) is 12.5. The summed E-state index contributed by atoms with van der Waals surface area (Å²) >= 11 is 0. The summed E-state index contributed by atoms with van der Waals surface area (Å²) in [5, 5.41) is 14.2. The van der Waals surface area contributed by atoms with Gasteiger partial charge in [-0.3, -0.25) is 9.89 Å². The Hall–Kier alpha value is -3.22. The Kier molecular flexibility index (Phi) is 3.91. The van der Waals surface area contributed by atoms with E-state index in [-0.39, 0.29) is 11.7 Å². The molecule has 26 heavy (non-hydrogen) atoms. The highest BCUT2D eigenvalue weighted by Crippen LogP contribution is 2.27. The summed E-state index contributed by atoms with van der Waals surface area (Å²) < 4.78 is 14.0. The number of carbonyl (C=O) groups is 1. The van der Waals surface area contributed by atoms with E-state index in [1.807, 2.05) is 13.8 Å². The molecule has 0 saturated heterocycles. The first kappa shape index (κ1) is 16.3. The lowest BCUT2D eigenvalue weighted by atomic mass is 10.0. The highest BCUT2D eigenvalue weighted by atomic mass is 19.1. The van der Waals surface area contributed by atoms with Crippen molar-refractivity contribution in [1.29, 1.82) is 0 Å². The fourth-order valence-electron chi connectivity index (χ4n) is 3.34. The third-order valence-corrected chi connectivity index (χ3v) is 4.68. The van der Waals surface area contributed by atoms with Crippen LogP contribution in [0.15, 0.2) is 30.3 Å². The summed E-state index contributed by atoms with van der Waals surface area (Å²) in [5.41, 5.74) is 5.47. The van der Waals surface area contributed by atoms with E-state index >= 15 is 0 Å². The van der Waals surface area contributed by atoms with Crippen molar-refractivity contribution in [2.24, 2.45) is 0 Å². The summed E-state index contributed by atoms with van der Waals surface area (Å²) in [6.07, 6.45) is 0.619. The quantitative estimate of drug-likeness (QED) is 0.528. The predicted molar refractivity (Wildman–Crippen MR) is 97.7 cm³/mol. The zero-order valence-corrected chi connectivity index (χ0v) is 14.5. The van der Waals surface area contributed by atoms with E-state index in [4.69, 9.17) is 0 Å². The molecule has 132 valence electrons. The van der Waals surface area contributed by atoms with Crippen molar-refractivity contribution in [2.75, 3.05) is 6.54 Å². The van der Waals surface area contributed by atoms with Gasteiger partial charge in [-0.2, -0.15) is 0 Å². The van der Waals surface area contributed by atoms with Gasteiger partial charge in [0.25, 0.3) is 5.91 Å². The molecule has 2 aromatic heterocycles. The fourth-order valence-corrected chi connectivity index (χ4v) is 3.34. The molecule has 0 aliphatic heterocycles. The molecule has 6 nitrogen and oxygen atoms in total. The minimum atomic E-state index is -0.259. The molecule has 7 heteroatoms. The van der Waals surface area contributed by atoms with E-state index in [2.05, 4.69) is 25.7 Å². The number of H-pyrrole nitrogens is 2. The Morgan fingerprint density at radius 3 is 2.92 bits per heavy atom. The topological polar surface area (TPSA) is 86.5 Å². The molecule has 0 unspecified atom stereocenters. The van der Waals surface area contributed by atoms with Gasteiger partial charge in [0, 0.05) is 23.2 Å². The number of fused-ring (bicyclic) bond motifs is 2. The molecule has 0 aliphatic carbocycles. The highest BCUT2D eigenvalue weighted by molar-refractivity contribution is 5.97. The van der Waals surface area contributed by atoms with Gasteiger partial charge in [0.1, 0.15) is 11.3 Å². The monoisotopic (exact) mass is 351 g/mol. The van der Waals surface area contributed by atoms with Crippen LogP contribution in [0.1, 0.15) is 27.2 Å². The number of nitrogens with zero attached hydrogens (tertiary/aromatic N) is 2. The molecule has 4 aromatic rings. The summed E-state index contributed by atoms with van der Waals surface area (Å²) in [5.74, 6) is -0.430. The van der Waals surface area contributed by atoms with Crippen LogP contribution in [0.2, 0.25) is 0 Å². The standard InChI is InChI=1S/C19H18FN5O/c1-10-3-5-14(20)18-17(10)13(11(2)22-18)7-8-21-19(26)12-4-6-15-16(9-12)24-25-23-15/h3-6,9,22H,7-8H2,1-2H3,(H,21,26)(H,23,24,25). The minimum Gasteiger partial charge on any atom is -0.356 e. The van der Waals surface area contributed by atoms with E-state index in [1.165, 1.54) is 6.07 Å².